The third-order valence-electron chi connectivity index (χ3n) is 6.73. The van der Waals surface area contributed by atoms with Crippen molar-refractivity contribution in [3.05, 3.63) is 79.9 Å². The molecule has 4 rings (SSSR count). The van der Waals surface area contributed by atoms with E-state index in [4.69, 9.17) is 24.1 Å². The number of carbonyl (C=O) groups excluding carboxylic acids is 3. The molecule has 0 spiro atoms. The number of nitro groups is 2. The quantitative estimate of drug-likeness (QED) is 0.198. The van der Waals surface area contributed by atoms with E-state index in [1.165, 1.54) is 53.4 Å². The summed E-state index contributed by atoms with van der Waals surface area (Å²) in [7, 11) is 0. The minimum absolute atomic E-state index is 0.0191. The van der Waals surface area contributed by atoms with E-state index in [1.54, 1.807) is 0 Å². The zero-order valence-electron chi connectivity index (χ0n) is 24.2. The van der Waals surface area contributed by atoms with Crippen LogP contribution in [0.4, 0.5) is 34.1 Å². The van der Waals surface area contributed by atoms with Crippen LogP contribution >= 0.6 is 0 Å². The summed E-state index contributed by atoms with van der Waals surface area (Å²) in [5.41, 5.74) is 0.815. The molecule has 0 radical (unpaired) electrons. The second-order valence-electron chi connectivity index (χ2n) is 10.1. The number of rotatable bonds is 9. The van der Waals surface area contributed by atoms with E-state index >= 15 is 0 Å². The van der Waals surface area contributed by atoms with Gasteiger partial charge in [-0.2, -0.15) is 13.2 Å². The minimum atomic E-state index is -5.08. The van der Waals surface area contributed by atoms with E-state index in [1.807, 2.05) is 0 Å². The van der Waals surface area contributed by atoms with E-state index in [0.29, 0.717) is 17.7 Å². The first-order valence-electron chi connectivity index (χ1n) is 13.7. The molecule has 2 aliphatic rings. The molecule has 2 aromatic carbocycles. The number of benzene rings is 2. The highest BCUT2D eigenvalue weighted by molar-refractivity contribution is 5.86. The van der Waals surface area contributed by atoms with Crippen molar-refractivity contribution in [2.75, 3.05) is 19.6 Å². The summed E-state index contributed by atoms with van der Waals surface area (Å²) in [5.74, 6) is -3.17. The van der Waals surface area contributed by atoms with Crippen molar-refractivity contribution >= 4 is 35.5 Å². The smallest absolute Gasteiger partial charge is 0.475 e. The summed E-state index contributed by atoms with van der Waals surface area (Å²) >= 11 is 0. The lowest BCUT2D eigenvalue weighted by molar-refractivity contribution is -0.385. The lowest BCUT2D eigenvalue weighted by Gasteiger charge is -2.24. The van der Waals surface area contributed by atoms with Gasteiger partial charge in [0.25, 0.3) is 11.4 Å². The van der Waals surface area contributed by atoms with Crippen LogP contribution in [-0.2, 0) is 37.0 Å². The van der Waals surface area contributed by atoms with Gasteiger partial charge >= 0.3 is 24.4 Å². The van der Waals surface area contributed by atoms with Crippen LogP contribution in [0.1, 0.15) is 24.0 Å². The monoisotopic (exact) mass is 671 g/mol. The molecule has 20 heteroatoms. The van der Waals surface area contributed by atoms with Gasteiger partial charge in [-0.1, -0.05) is 0 Å². The molecule has 0 aliphatic carbocycles. The molecule has 2 heterocycles. The highest BCUT2D eigenvalue weighted by Crippen LogP contribution is 2.24. The minimum Gasteiger partial charge on any atom is -0.475 e. The number of amides is 2. The lowest BCUT2D eigenvalue weighted by atomic mass is 10.1. The van der Waals surface area contributed by atoms with Gasteiger partial charge in [-0.15, -0.1) is 0 Å². The molecule has 0 bridgehead atoms. The highest BCUT2D eigenvalue weighted by Gasteiger charge is 2.43. The summed E-state index contributed by atoms with van der Waals surface area (Å²) in [6.07, 6.45) is -7.02. The van der Waals surface area contributed by atoms with Gasteiger partial charge in [0, 0.05) is 43.3 Å². The van der Waals surface area contributed by atoms with Crippen molar-refractivity contribution in [1.82, 2.24) is 15.5 Å². The number of hydrogen-bond acceptors (Lipinski definition) is 12. The third kappa shape index (κ3) is 11.1. The maximum absolute atomic E-state index is 13.0. The molecule has 17 nitrogen and oxygen atoms in total. The van der Waals surface area contributed by atoms with E-state index < -0.39 is 52.3 Å². The Morgan fingerprint density at radius 3 is 1.89 bits per heavy atom. The van der Waals surface area contributed by atoms with Gasteiger partial charge in [0.2, 0.25) is 5.91 Å². The average Bonchev–Trinajstić information content (AvgIpc) is 3.69. The third-order valence-corrected chi connectivity index (χ3v) is 6.73. The van der Waals surface area contributed by atoms with Crippen LogP contribution in [0.15, 0.2) is 48.5 Å². The number of ether oxygens (including phenoxy) is 3. The molecule has 2 aliphatic heterocycles. The largest absolute Gasteiger partial charge is 0.508 e. The Hall–Kier alpha value is -5.53. The maximum atomic E-state index is 13.0. The van der Waals surface area contributed by atoms with Crippen molar-refractivity contribution < 1.29 is 61.5 Å². The second-order valence-corrected chi connectivity index (χ2v) is 10.1. The maximum Gasteiger partial charge on any atom is 0.508 e. The number of likely N-dealkylation sites (tertiary alicyclic amines) is 1. The summed E-state index contributed by atoms with van der Waals surface area (Å²) in [5, 5.41) is 34.8. The Morgan fingerprint density at radius 1 is 0.936 bits per heavy atom. The topological polar surface area (TPSA) is 230 Å². The van der Waals surface area contributed by atoms with Crippen molar-refractivity contribution in [3.63, 3.8) is 0 Å². The van der Waals surface area contributed by atoms with Gasteiger partial charge in [-0.05, 0) is 48.4 Å². The molecule has 0 unspecified atom stereocenters. The molecule has 2 fully saturated rings. The van der Waals surface area contributed by atoms with Crippen LogP contribution in [0.5, 0.6) is 0 Å². The van der Waals surface area contributed by atoms with Crippen molar-refractivity contribution in [3.8, 4) is 0 Å². The van der Waals surface area contributed by atoms with E-state index in [0.717, 1.165) is 13.0 Å². The van der Waals surface area contributed by atoms with Crippen molar-refractivity contribution in [2.24, 2.45) is 0 Å². The lowest BCUT2D eigenvalue weighted by Crippen LogP contribution is -2.49. The van der Waals surface area contributed by atoms with Crippen LogP contribution in [0.3, 0.4) is 0 Å². The average molecular weight is 672 g/mol. The molecule has 2 saturated heterocycles. The number of aliphatic carboxylic acids is 1. The predicted molar refractivity (Wildman–Crippen MR) is 150 cm³/mol. The number of carbonyl (C=O) groups is 4. The number of carboxylic acid groups (broad SMARTS) is 1. The molecule has 254 valence electrons. The first-order chi connectivity index (χ1) is 22.1. The number of hydrogen-bond donors (Lipinski definition) is 3. The molecule has 3 atom stereocenters. The number of halogens is 3. The SMILES string of the molecule is O=C(O)C(F)(F)F.O=C(OCc1ccc([N+](=O)[O-])cc1)O[C@@H]1C[C@@H](C(=O)N[C@H]2CCNC2)N(C(=O)OCc2ccc([N+](=O)[O-])cc2)C1. The fourth-order valence-electron chi connectivity index (χ4n) is 4.38. The summed E-state index contributed by atoms with van der Waals surface area (Å²) in [4.78, 5) is 68.9. The first-order valence-corrected chi connectivity index (χ1v) is 13.7. The molecule has 0 aromatic heterocycles. The number of carboxylic acids is 1. The van der Waals surface area contributed by atoms with Crippen LogP contribution in [0.25, 0.3) is 0 Å². The molecule has 2 aromatic rings. The highest BCUT2D eigenvalue weighted by atomic mass is 19.4. The fourth-order valence-corrected chi connectivity index (χ4v) is 4.38. The summed E-state index contributed by atoms with van der Waals surface area (Å²) in [6, 6.07) is 9.89. The molecular formula is C27H28F3N5O12. The van der Waals surface area contributed by atoms with Crippen LogP contribution in [0, 0.1) is 20.2 Å². The molecule has 3 N–H and O–H groups in total. The Kier molecular flexibility index (Phi) is 12.4. The van der Waals surface area contributed by atoms with Gasteiger partial charge in [0.15, 0.2) is 0 Å². The molecular weight excluding hydrogens is 643 g/mol. The Labute approximate surface area is 262 Å². The van der Waals surface area contributed by atoms with Gasteiger partial charge in [0.05, 0.1) is 16.4 Å². The molecule has 47 heavy (non-hydrogen) atoms. The van der Waals surface area contributed by atoms with E-state index in [2.05, 4.69) is 10.6 Å². The van der Waals surface area contributed by atoms with Gasteiger partial charge in [0.1, 0.15) is 25.4 Å². The van der Waals surface area contributed by atoms with Crippen molar-refractivity contribution in [2.45, 2.75) is 50.4 Å². The van der Waals surface area contributed by atoms with Gasteiger partial charge in [-0.3, -0.25) is 29.9 Å². The predicted octanol–water partition coefficient (Wildman–Crippen LogP) is 3.05. The number of non-ortho nitro benzene ring substituents is 2. The van der Waals surface area contributed by atoms with Crippen LogP contribution in [-0.4, -0.2) is 88.0 Å². The Balaban J connectivity index is 0.000000771. The van der Waals surface area contributed by atoms with E-state index in [9.17, 15) is 47.8 Å². The summed E-state index contributed by atoms with van der Waals surface area (Å²) in [6.45, 7) is 0.855. The van der Waals surface area contributed by atoms with Gasteiger partial charge < -0.3 is 30.0 Å². The standard InChI is InChI=1S/C25H27N5O10.C2HF3O2/c31-23(27-18-9-10-26-12-18)22-11-21(40-25(33)39-15-17-3-7-20(8-4-17)30(36)37)13-28(22)24(32)38-14-16-1-5-19(6-2-16)29(34)35;3-2(4,5)1(6)7/h1-8,18,21-22,26H,9-15H2,(H,27,31);(H,6,7)/t18-,21+,22-;/m0./s1. The van der Waals surface area contributed by atoms with Crippen molar-refractivity contribution in [1.29, 1.82) is 0 Å². The number of nitro benzene ring substituents is 2. The number of nitrogens with zero attached hydrogens (tertiary/aromatic N) is 3. The second kappa shape index (κ2) is 16.2. The number of nitrogens with one attached hydrogen (secondary N) is 2. The number of alkyl halides is 3. The summed E-state index contributed by atoms with van der Waals surface area (Å²) < 4.78 is 47.5. The Morgan fingerprint density at radius 2 is 1.45 bits per heavy atom. The Bertz CT molecular complexity index is 1450. The zero-order chi connectivity index (χ0) is 34.7. The molecule has 0 saturated carbocycles. The first kappa shape index (κ1) is 35.9. The molecule has 2 amide bonds. The fraction of sp³-hybridized carbons (Fsp3) is 0.407. The zero-order valence-corrected chi connectivity index (χ0v) is 24.2. The van der Waals surface area contributed by atoms with Crippen LogP contribution < -0.4 is 10.6 Å². The normalized spacial score (nSPS) is 18.7. The van der Waals surface area contributed by atoms with Gasteiger partial charge in [-0.25, -0.2) is 14.4 Å². The van der Waals surface area contributed by atoms with Crippen LogP contribution in [0.2, 0.25) is 0 Å². The van der Waals surface area contributed by atoms with E-state index in [-0.39, 0.29) is 43.6 Å².